The Morgan fingerprint density at radius 2 is 1.81 bits per heavy atom. The third-order valence-electron chi connectivity index (χ3n) is 4.95. The highest BCUT2D eigenvalue weighted by Gasteiger charge is 2.21. The summed E-state index contributed by atoms with van der Waals surface area (Å²) in [4.78, 5) is 22.7. The number of rotatable bonds is 3. The Morgan fingerprint density at radius 3 is 2.52 bits per heavy atom. The Kier molecular flexibility index (Phi) is 4.85. The second-order valence-corrected chi connectivity index (χ2v) is 7.74. The molecule has 4 rings (SSSR count). The van der Waals surface area contributed by atoms with Gasteiger partial charge in [-0.3, -0.25) is 9.69 Å². The number of nitrogens with one attached hydrogen (secondary N) is 1. The number of halogens is 1. The summed E-state index contributed by atoms with van der Waals surface area (Å²) in [6.45, 7) is 6.62. The maximum atomic E-state index is 12.7. The van der Waals surface area contributed by atoms with Gasteiger partial charge in [-0.2, -0.15) is 0 Å². The zero-order valence-corrected chi connectivity index (χ0v) is 16.3. The van der Waals surface area contributed by atoms with Crippen LogP contribution in [0.1, 0.15) is 27.9 Å². The van der Waals surface area contributed by atoms with E-state index in [2.05, 4.69) is 41.9 Å². The summed E-state index contributed by atoms with van der Waals surface area (Å²) >= 11 is 5.95. The van der Waals surface area contributed by atoms with Gasteiger partial charge in [0.15, 0.2) is 0 Å². The van der Waals surface area contributed by atoms with Crippen molar-refractivity contribution >= 4 is 11.6 Å². The van der Waals surface area contributed by atoms with Crippen LogP contribution in [0.25, 0.3) is 11.4 Å². The van der Waals surface area contributed by atoms with Crippen LogP contribution in [-0.2, 0) is 19.5 Å². The largest absolute Gasteiger partial charge is 0.306 e. The van der Waals surface area contributed by atoms with Crippen molar-refractivity contribution < 1.29 is 0 Å². The van der Waals surface area contributed by atoms with Crippen LogP contribution in [0.4, 0.5) is 0 Å². The van der Waals surface area contributed by atoms with Gasteiger partial charge >= 0.3 is 0 Å². The van der Waals surface area contributed by atoms with E-state index in [1.807, 2.05) is 24.3 Å². The fourth-order valence-corrected chi connectivity index (χ4v) is 3.90. The number of hydrogen-bond acceptors (Lipinski definition) is 3. The Morgan fingerprint density at radius 1 is 1.11 bits per heavy atom. The van der Waals surface area contributed by atoms with Crippen LogP contribution < -0.4 is 5.56 Å². The van der Waals surface area contributed by atoms with Gasteiger partial charge in [0.1, 0.15) is 5.82 Å². The average Bonchev–Trinajstić information content (AvgIpc) is 2.62. The van der Waals surface area contributed by atoms with Crippen molar-refractivity contribution in [1.82, 2.24) is 14.9 Å². The molecule has 0 amide bonds. The standard InChI is InChI=1S/C22H22ClN3O/c1-14-9-15(2)11-16(10-14)12-26-8-7-20-19(13-26)22(27)25-21(24-20)17-3-5-18(23)6-4-17/h3-6,9-11H,7-8,12-13H2,1-2H3,(H,24,25,27). The molecule has 4 nitrogen and oxygen atoms in total. The van der Waals surface area contributed by atoms with Gasteiger partial charge in [0, 0.05) is 36.6 Å². The molecule has 1 aliphatic rings. The first kappa shape index (κ1) is 18.0. The second kappa shape index (κ2) is 7.29. The van der Waals surface area contributed by atoms with E-state index in [1.165, 1.54) is 16.7 Å². The first-order valence-corrected chi connectivity index (χ1v) is 9.53. The molecule has 0 unspecified atom stereocenters. The van der Waals surface area contributed by atoms with E-state index >= 15 is 0 Å². The molecule has 27 heavy (non-hydrogen) atoms. The number of aromatic amines is 1. The molecule has 2 aromatic carbocycles. The molecule has 1 aliphatic heterocycles. The van der Waals surface area contributed by atoms with Crippen LogP contribution in [0.5, 0.6) is 0 Å². The van der Waals surface area contributed by atoms with E-state index in [9.17, 15) is 4.79 Å². The maximum absolute atomic E-state index is 12.7. The van der Waals surface area contributed by atoms with Crippen LogP contribution >= 0.6 is 11.6 Å². The van der Waals surface area contributed by atoms with E-state index in [-0.39, 0.29) is 5.56 Å². The topological polar surface area (TPSA) is 49.0 Å². The second-order valence-electron chi connectivity index (χ2n) is 7.30. The third kappa shape index (κ3) is 3.97. The van der Waals surface area contributed by atoms with E-state index in [1.54, 1.807) is 0 Å². The zero-order chi connectivity index (χ0) is 19.0. The van der Waals surface area contributed by atoms with Gasteiger partial charge in [-0.05, 0) is 43.7 Å². The summed E-state index contributed by atoms with van der Waals surface area (Å²) in [7, 11) is 0. The molecule has 0 radical (unpaired) electrons. The van der Waals surface area contributed by atoms with E-state index < -0.39 is 0 Å². The summed E-state index contributed by atoms with van der Waals surface area (Å²) < 4.78 is 0. The minimum Gasteiger partial charge on any atom is -0.306 e. The van der Waals surface area contributed by atoms with Crippen LogP contribution in [0.15, 0.2) is 47.3 Å². The Balaban J connectivity index is 1.58. The van der Waals surface area contributed by atoms with E-state index in [4.69, 9.17) is 16.6 Å². The van der Waals surface area contributed by atoms with Crippen molar-refractivity contribution in [3.63, 3.8) is 0 Å². The lowest BCUT2D eigenvalue weighted by Crippen LogP contribution is -2.35. The molecular formula is C22H22ClN3O. The molecule has 0 atom stereocenters. The van der Waals surface area contributed by atoms with E-state index in [0.29, 0.717) is 17.4 Å². The SMILES string of the molecule is Cc1cc(C)cc(CN2CCc3nc(-c4ccc(Cl)cc4)[nH]c(=O)c3C2)c1. The summed E-state index contributed by atoms with van der Waals surface area (Å²) in [5.74, 6) is 0.609. The van der Waals surface area contributed by atoms with Gasteiger partial charge in [0.25, 0.3) is 5.56 Å². The number of aryl methyl sites for hydroxylation is 2. The lowest BCUT2D eigenvalue weighted by Gasteiger charge is -2.28. The zero-order valence-electron chi connectivity index (χ0n) is 15.6. The Bertz CT molecular complexity index is 1020. The molecule has 138 valence electrons. The molecule has 2 heterocycles. The summed E-state index contributed by atoms with van der Waals surface area (Å²) in [5, 5.41) is 0.668. The molecule has 1 aromatic heterocycles. The fraction of sp³-hybridized carbons (Fsp3) is 0.273. The monoisotopic (exact) mass is 379 g/mol. The van der Waals surface area contributed by atoms with Gasteiger partial charge in [0.2, 0.25) is 0 Å². The molecule has 0 aliphatic carbocycles. The van der Waals surface area contributed by atoms with Gasteiger partial charge in [0.05, 0.1) is 11.3 Å². The molecule has 0 bridgehead atoms. The minimum atomic E-state index is -0.0462. The molecular weight excluding hydrogens is 358 g/mol. The van der Waals surface area contributed by atoms with Crippen LogP contribution in [0.3, 0.4) is 0 Å². The molecule has 0 fully saturated rings. The minimum absolute atomic E-state index is 0.0462. The Labute approximate surface area is 163 Å². The number of benzene rings is 2. The van der Waals surface area contributed by atoms with Gasteiger partial charge in [-0.1, -0.05) is 40.9 Å². The predicted octanol–water partition coefficient (Wildman–Crippen LogP) is 4.27. The van der Waals surface area contributed by atoms with Crippen molar-refractivity contribution in [3.8, 4) is 11.4 Å². The van der Waals surface area contributed by atoms with Crippen molar-refractivity contribution in [2.75, 3.05) is 6.54 Å². The van der Waals surface area contributed by atoms with Crippen molar-refractivity contribution in [1.29, 1.82) is 0 Å². The molecule has 1 N–H and O–H groups in total. The molecule has 0 saturated heterocycles. The lowest BCUT2D eigenvalue weighted by atomic mass is 10.0. The number of fused-ring (bicyclic) bond motifs is 1. The van der Waals surface area contributed by atoms with E-state index in [0.717, 1.165) is 36.3 Å². The van der Waals surface area contributed by atoms with Crippen LogP contribution in [0, 0.1) is 13.8 Å². The normalized spacial score (nSPS) is 14.2. The Hall–Kier alpha value is -2.43. The van der Waals surface area contributed by atoms with Crippen molar-refractivity contribution in [3.05, 3.63) is 85.8 Å². The molecule has 0 saturated carbocycles. The average molecular weight is 380 g/mol. The summed E-state index contributed by atoms with van der Waals surface area (Å²) in [5.41, 5.74) is 6.35. The first-order valence-electron chi connectivity index (χ1n) is 9.15. The highest BCUT2D eigenvalue weighted by atomic mass is 35.5. The number of H-pyrrole nitrogens is 1. The van der Waals surface area contributed by atoms with Gasteiger partial charge in [-0.15, -0.1) is 0 Å². The highest BCUT2D eigenvalue weighted by Crippen LogP contribution is 2.22. The number of hydrogen-bond donors (Lipinski definition) is 1. The number of aromatic nitrogens is 2. The summed E-state index contributed by atoms with van der Waals surface area (Å²) in [6, 6.07) is 14.0. The van der Waals surface area contributed by atoms with Crippen LogP contribution in [-0.4, -0.2) is 21.4 Å². The van der Waals surface area contributed by atoms with Crippen molar-refractivity contribution in [2.45, 2.75) is 33.4 Å². The summed E-state index contributed by atoms with van der Waals surface area (Å²) in [6.07, 6.45) is 0.782. The molecule has 5 heteroatoms. The van der Waals surface area contributed by atoms with Crippen molar-refractivity contribution in [2.24, 2.45) is 0 Å². The van der Waals surface area contributed by atoms with Gasteiger partial charge in [-0.25, -0.2) is 4.98 Å². The quantitative estimate of drug-likeness (QED) is 0.739. The molecule has 3 aromatic rings. The predicted molar refractivity (Wildman–Crippen MR) is 109 cm³/mol. The molecule has 0 spiro atoms. The lowest BCUT2D eigenvalue weighted by molar-refractivity contribution is 0.242. The maximum Gasteiger partial charge on any atom is 0.255 e. The smallest absolute Gasteiger partial charge is 0.255 e. The van der Waals surface area contributed by atoms with Crippen LogP contribution in [0.2, 0.25) is 5.02 Å². The van der Waals surface area contributed by atoms with Gasteiger partial charge < -0.3 is 4.98 Å². The third-order valence-corrected chi connectivity index (χ3v) is 5.20. The number of nitrogens with zero attached hydrogens (tertiary/aromatic N) is 2. The highest BCUT2D eigenvalue weighted by molar-refractivity contribution is 6.30. The first-order chi connectivity index (χ1) is 13.0. The fourth-order valence-electron chi connectivity index (χ4n) is 3.78.